The molecule has 2 heterocycles. The van der Waals surface area contributed by atoms with Gasteiger partial charge in [-0.25, -0.2) is 17.4 Å². The maximum absolute atomic E-state index is 12.8. The summed E-state index contributed by atoms with van der Waals surface area (Å²) in [7, 11) is -0.530. The number of amides is 1. The van der Waals surface area contributed by atoms with Gasteiger partial charge in [-0.15, -0.1) is 5.10 Å². The Labute approximate surface area is 201 Å². The molecule has 0 radical (unpaired) electrons. The number of piperazine rings is 1. The fourth-order valence-corrected chi connectivity index (χ4v) is 5.21. The maximum Gasteiger partial charge on any atom is 0.242 e. The predicted octanol–water partition coefficient (Wildman–Crippen LogP) is 2.43. The van der Waals surface area contributed by atoms with Gasteiger partial charge in [-0.3, -0.25) is 4.79 Å². The minimum Gasteiger partial charge on any atom is -0.368 e. The van der Waals surface area contributed by atoms with Crippen LogP contribution in [-0.2, 0) is 21.4 Å². The first-order valence-electron chi connectivity index (χ1n) is 11.5. The number of nitrogens with zero attached hydrogens (tertiary/aromatic N) is 6. The molecule has 4 rings (SSSR count). The molecule has 0 unspecified atom stereocenters. The van der Waals surface area contributed by atoms with E-state index in [1.54, 1.807) is 16.8 Å². The van der Waals surface area contributed by atoms with E-state index in [2.05, 4.69) is 47.3 Å². The highest BCUT2D eigenvalue weighted by Gasteiger charge is 2.22. The topological polar surface area (TPSA) is 91.6 Å². The molecule has 9 nitrogen and oxygen atoms in total. The van der Waals surface area contributed by atoms with Gasteiger partial charge in [-0.05, 0) is 55.7 Å². The van der Waals surface area contributed by atoms with E-state index in [-0.39, 0.29) is 10.8 Å². The normalized spacial score (nSPS) is 14.9. The molecule has 3 aromatic rings. The number of carbonyl (C=O) groups is 1. The van der Waals surface area contributed by atoms with Crippen molar-refractivity contribution < 1.29 is 13.2 Å². The molecule has 1 saturated heterocycles. The number of benzene rings is 2. The summed E-state index contributed by atoms with van der Waals surface area (Å²) >= 11 is 0. The molecule has 1 amide bonds. The minimum atomic E-state index is -3.52. The summed E-state index contributed by atoms with van der Waals surface area (Å²) in [5.74, 6) is 0.157. The van der Waals surface area contributed by atoms with Gasteiger partial charge in [-0.2, -0.15) is 0 Å². The van der Waals surface area contributed by atoms with E-state index in [9.17, 15) is 13.2 Å². The molecule has 10 heteroatoms. The molecule has 0 spiro atoms. The van der Waals surface area contributed by atoms with Crippen molar-refractivity contribution in [3.63, 3.8) is 0 Å². The lowest BCUT2D eigenvalue weighted by molar-refractivity contribution is -0.131. The highest BCUT2D eigenvalue weighted by molar-refractivity contribution is 7.89. The smallest absolute Gasteiger partial charge is 0.242 e. The van der Waals surface area contributed by atoms with Crippen molar-refractivity contribution in [2.24, 2.45) is 0 Å². The fourth-order valence-electron chi connectivity index (χ4n) is 4.28. The van der Waals surface area contributed by atoms with E-state index in [4.69, 9.17) is 0 Å². The van der Waals surface area contributed by atoms with Gasteiger partial charge in [0.2, 0.25) is 15.9 Å². The Kier molecular flexibility index (Phi) is 6.90. The van der Waals surface area contributed by atoms with Crippen LogP contribution in [0.5, 0.6) is 0 Å². The summed E-state index contributed by atoms with van der Waals surface area (Å²) < 4.78 is 27.6. The van der Waals surface area contributed by atoms with Crippen LogP contribution in [0.4, 0.5) is 5.69 Å². The third-order valence-corrected chi connectivity index (χ3v) is 8.17. The lowest BCUT2D eigenvalue weighted by Gasteiger charge is -2.37. The van der Waals surface area contributed by atoms with Gasteiger partial charge in [0.25, 0.3) is 0 Å². The van der Waals surface area contributed by atoms with Crippen molar-refractivity contribution in [3.8, 4) is 0 Å². The van der Waals surface area contributed by atoms with Crippen molar-refractivity contribution in [2.75, 3.05) is 45.2 Å². The van der Waals surface area contributed by atoms with Crippen LogP contribution in [-0.4, -0.2) is 78.8 Å². The average molecular weight is 485 g/mol. The number of aryl methyl sites for hydroxylation is 3. The maximum atomic E-state index is 12.8. The van der Waals surface area contributed by atoms with Crippen molar-refractivity contribution >= 4 is 32.7 Å². The first kappa shape index (κ1) is 24.2. The quantitative estimate of drug-likeness (QED) is 0.512. The second kappa shape index (κ2) is 9.71. The van der Waals surface area contributed by atoms with Gasteiger partial charge in [0.15, 0.2) is 0 Å². The van der Waals surface area contributed by atoms with Crippen molar-refractivity contribution in [2.45, 2.75) is 38.1 Å². The second-order valence-electron chi connectivity index (χ2n) is 9.01. The Morgan fingerprint density at radius 2 is 1.76 bits per heavy atom. The van der Waals surface area contributed by atoms with E-state index in [0.717, 1.165) is 31.7 Å². The Hall–Kier alpha value is -2.98. The van der Waals surface area contributed by atoms with Crippen molar-refractivity contribution in [1.82, 2.24) is 24.2 Å². The molecule has 1 aliphatic rings. The molecular weight excluding hydrogens is 452 g/mol. The van der Waals surface area contributed by atoms with Gasteiger partial charge < -0.3 is 9.80 Å². The number of fused-ring (bicyclic) bond motifs is 1. The first-order chi connectivity index (χ1) is 16.2. The molecular formula is C24H32N6O3S. The number of aromatic nitrogens is 3. The lowest BCUT2D eigenvalue weighted by Crippen LogP contribution is -2.49. The van der Waals surface area contributed by atoms with E-state index < -0.39 is 10.0 Å². The molecule has 34 heavy (non-hydrogen) atoms. The Bertz CT molecular complexity index is 1290. The molecule has 1 fully saturated rings. The SMILES string of the molecule is Cc1ccc(C)c(N2CCN(C(=O)CCCn3nnc4cc(S(=O)(=O)N(C)C)ccc43)CC2)c1. The summed E-state index contributed by atoms with van der Waals surface area (Å²) in [6, 6.07) is 11.3. The molecule has 0 bridgehead atoms. The monoisotopic (exact) mass is 484 g/mol. The highest BCUT2D eigenvalue weighted by atomic mass is 32.2. The Balaban J connectivity index is 1.31. The molecule has 2 aromatic carbocycles. The van der Waals surface area contributed by atoms with Crippen molar-refractivity contribution in [1.29, 1.82) is 0 Å². The van der Waals surface area contributed by atoms with Crippen LogP contribution in [0.3, 0.4) is 0 Å². The molecule has 182 valence electrons. The summed E-state index contributed by atoms with van der Waals surface area (Å²) in [6.45, 7) is 7.89. The van der Waals surface area contributed by atoms with E-state index in [1.165, 1.54) is 41.3 Å². The molecule has 0 atom stereocenters. The zero-order valence-electron chi connectivity index (χ0n) is 20.2. The van der Waals surface area contributed by atoms with Crippen LogP contribution in [0.15, 0.2) is 41.3 Å². The number of anilines is 1. The van der Waals surface area contributed by atoms with Crippen LogP contribution in [0.1, 0.15) is 24.0 Å². The minimum absolute atomic E-state index is 0.157. The van der Waals surface area contributed by atoms with Crippen LogP contribution in [0.2, 0.25) is 0 Å². The van der Waals surface area contributed by atoms with Gasteiger partial charge in [-0.1, -0.05) is 17.3 Å². The molecule has 0 aliphatic carbocycles. The molecule has 1 aromatic heterocycles. The number of carbonyl (C=O) groups excluding carboxylic acids is 1. The van der Waals surface area contributed by atoms with Crippen LogP contribution in [0.25, 0.3) is 11.0 Å². The predicted molar refractivity (Wildman–Crippen MR) is 132 cm³/mol. The number of rotatable bonds is 7. The van der Waals surface area contributed by atoms with Gasteiger partial charge in [0, 0.05) is 58.9 Å². The summed E-state index contributed by atoms with van der Waals surface area (Å²) in [6.07, 6.45) is 1.09. The molecule has 0 N–H and O–H groups in total. The third kappa shape index (κ3) is 4.92. The van der Waals surface area contributed by atoms with E-state index in [0.29, 0.717) is 24.9 Å². The summed E-state index contributed by atoms with van der Waals surface area (Å²) in [5, 5.41) is 8.28. The van der Waals surface area contributed by atoms with Crippen molar-refractivity contribution in [3.05, 3.63) is 47.5 Å². The van der Waals surface area contributed by atoms with Crippen LogP contribution >= 0.6 is 0 Å². The Morgan fingerprint density at radius 1 is 1.03 bits per heavy atom. The van der Waals surface area contributed by atoms with Crippen LogP contribution in [0, 0.1) is 13.8 Å². The fraction of sp³-hybridized carbons (Fsp3) is 0.458. The lowest BCUT2D eigenvalue weighted by atomic mass is 10.1. The average Bonchev–Trinajstić information content (AvgIpc) is 3.23. The highest BCUT2D eigenvalue weighted by Crippen LogP contribution is 2.23. The van der Waals surface area contributed by atoms with Gasteiger partial charge >= 0.3 is 0 Å². The third-order valence-electron chi connectivity index (χ3n) is 6.36. The first-order valence-corrected chi connectivity index (χ1v) is 13.0. The zero-order valence-corrected chi connectivity index (χ0v) is 21.0. The summed E-state index contributed by atoms with van der Waals surface area (Å²) in [4.78, 5) is 17.3. The second-order valence-corrected chi connectivity index (χ2v) is 11.2. The zero-order chi connectivity index (χ0) is 24.5. The standard InChI is InChI=1S/C24H32N6O3S/c1-18-7-8-19(2)23(16-18)28-12-14-29(15-13-28)24(31)6-5-11-30-22-10-9-20(17-21(22)25-26-30)34(32,33)27(3)4/h7-10,16-17H,5-6,11-15H2,1-4H3. The van der Waals surface area contributed by atoms with Crippen LogP contribution < -0.4 is 4.90 Å². The van der Waals surface area contributed by atoms with E-state index >= 15 is 0 Å². The van der Waals surface area contributed by atoms with Gasteiger partial charge in [0.1, 0.15) is 5.52 Å². The Morgan fingerprint density at radius 3 is 2.47 bits per heavy atom. The number of hydrogen-bond donors (Lipinski definition) is 0. The van der Waals surface area contributed by atoms with E-state index in [1.807, 2.05) is 4.90 Å². The largest absolute Gasteiger partial charge is 0.368 e. The number of sulfonamides is 1. The number of hydrogen-bond acceptors (Lipinski definition) is 6. The molecule has 1 aliphatic heterocycles. The summed E-state index contributed by atoms with van der Waals surface area (Å²) in [5.41, 5.74) is 5.04. The van der Waals surface area contributed by atoms with Gasteiger partial charge in [0.05, 0.1) is 10.4 Å². The molecule has 0 saturated carbocycles.